The van der Waals surface area contributed by atoms with Crippen LogP contribution in [0.25, 0.3) is 17.3 Å². The van der Waals surface area contributed by atoms with Gasteiger partial charge in [0.25, 0.3) is 11.8 Å². The highest BCUT2D eigenvalue weighted by atomic mass is 35.5. The Morgan fingerprint density at radius 2 is 1.64 bits per heavy atom. The lowest BCUT2D eigenvalue weighted by Gasteiger charge is -2.13. The predicted octanol–water partition coefficient (Wildman–Crippen LogP) is 8.13. The average Bonchev–Trinajstić information content (AvgIpc) is 3.51. The van der Waals surface area contributed by atoms with Crippen LogP contribution >= 0.6 is 34.7 Å². The number of nitrogens with zero attached hydrogens (tertiary/aromatic N) is 1. The molecule has 0 aliphatic heterocycles. The second kappa shape index (κ2) is 14.8. The summed E-state index contributed by atoms with van der Waals surface area (Å²) in [4.78, 5) is 44.4. The quantitative estimate of drug-likeness (QED) is 0.104. The van der Waals surface area contributed by atoms with E-state index in [-0.39, 0.29) is 17.4 Å². The molecule has 0 spiro atoms. The summed E-state index contributed by atoms with van der Waals surface area (Å²) in [6.45, 7) is 1.77. The van der Waals surface area contributed by atoms with E-state index < -0.39 is 17.1 Å². The van der Waals surface area contributed by atoms with E-state index in [1.807, 2.05) is 6.07 Å². The van der Waals surface area contributed by atoms with Crippen molar-refractivity contribution in [2.45, 2.75) is 17.1 Å². The van der Waals surface area contributed by atoms with Crippen LogP contribution < -0.4 is 16.0 Å². The van der Waals surface area contributed by atoms with Crippen LogP contribution in [-0.2, 0) is 9.59 Å². The van der Waals surface area contributed by atoms with Gasteiger partial charge in [-0.15, -0.1) is 23.1 Å². The number of thioether (sulfide) groups is 1. The molecule has 1 atom stereocenters. The van der Waals surface area contributed by atoms with Crippen LogP contribution in [0, 0.1) is 5.82 Å². The van der Waals surface area contributed by atoms with E-state index in [1.165, 1.54) is 35.2 Å². The van der Waals surface area contributed by atoms with E-state index in [4.69, 9.17) is 11.6 Å². The minimum atomic E-state index is -0.525. The van der Waals surface area contributed by atoms with Crippen LogP contribution in [0.1, 0.15) is 22.8 Å². The molecular weight excluding hydrogens is 631 g/mol. The maximum Gasteiger partial charge on any atom is 0.272 e. The highest BCUT2D eigenvalue weighted by Crippen LogP contribution is 2.29. The number of hydrogen-bond donors (Lipinski definition) is 3. The van der Waals surface area contributed by atoms with Crippen molar-refractivity contribution < 1.29 is 18.8 Å². The Hall–Kier alpha value is -4.77. The van der Waals surface area contributed by atoms with Gasteiger partial charge >= 0.3 is 0 Å². The van der Waals surface area contributed by atoms with Crippen molar-refractivity contribution in [3.63, 3.8) is 0 Å². The molecule has 0 fully saturated rings. The van der Waals surface area contributed by atoms with Crippen LogP contribution in [-0.4, -0.2) is 28.0 Å². The fraction of sp³-hybridized carbons (Fsp3) is 0.0588. The predicted molar refractivity (Wildman–Crippen MR) is 180 cm³/mol. The van der Waals surface area contributed by atoms with Crippen molar-refractivity contribution in [2.24, 2.45) is 0 Å². The molecule has 5 rings (SSSR count). The molecule has 0 bridgehead atoms. The molecule has 4 aromatic carbocycles. The van der Waals surface area contributed by atoms with Crippen molar-refractivity contribution in [1.29, 1.82) is 0 Å². The van der Waals surface area contributed by atoms with Gasteiger partial charge in [-0.3, -0.25) is 14.4 Å². The molecule has 0 aliphatic rings. The second-order valence-corrected chi connectivity index (χ2v) is 12.4. The van der Waals surface area contributed by atoms with Gasteiger partial charge in [-0.1, -0.05) is 48.0 Å². The smallest absolute Gasteiger partial charge is 0.272 e. The molecule has 0 aliphatic carbocycles. The van der Waals surface area contributed by atoms with E-state index in [0.29, 0.717) is 32.7 Å². The summed E-state index contributed by atoms with van der Waals surface area (Å²) < 4.78 is 13.2. The number of amides is 3. The van der Waals surface area contributed by atoms with Gasteiger partial charge in [0.1, 0.15) is 11.5 Å². The maximum atomic E-state index is 13.4. The first kappa shape index (κ1) is 31.6. The highest BCUT2D eigenvalue weighted by molar-refractivity contribution is 8.00. The zero-order valence-corrected chi connectivity index (χ0v) is 26.2. The Kier molecular flexibility index (Phi) is 10.4. The Balaban J connectivity index is 1.25. The molecule has 0 radical (unpaired) electrons. The SMILES string of the molecule is CC(Sc1cccc(NC(=O)/C(=C/c2ccc(Cl)cc2)NC(=O)c2ccccc2)c1)C(=O)Nc1nc(-c2ccc(F)cc2)cs1. The summed E-state index contributed by atoms with van der Waals surface area (Å²) in [7, 11) is 0. The monoisotopic (exact) mass is 656 g/mol. The first-order valence-corrected chi connectivity index (χ1v) is 15.8. The van der Waals surface area contributed by atoms with E-state index in [2.05, 4.69) is 20.9 Å². The number of aromatic nitrogens is 1. The molecule has 0 saturated carbocycles. The van der Waals surface area contributed by atoms with Crippen LogP contribution in [0.5, 0.6) is 0 Å². The largest absolute Gasteiger partial charge is 0.321 e. The minimum Gasteiger partial charge on any atom is -0.321 e. The normalized spacial score (nSPS) is 11.8. The second-order valence-electron chi connectivity index (χ2n) is 9.71. The highest BCUT2D eigenvalue weighted by Gasteiger charge is 2.18. The maximum absolute atomic E-state index is 13.4. The molecule has 0 saturated heterocycles. The summed E-state index contributed by atoms with van der Waals surface area (Å²) >= 11 is 8.61. The van der Waals surface area contributed by atoms with Crippen LogP contribution in [0.15, 0.2) is 119 Å². The Labute approximate surface area is 272 Å². The molecular formula is C34H26ClFN4O3S2. The molecule has 45 heavy (non-hydrogen) atoms. The van der Waals surface area contributed by atoms with Crippen molar-refractivity contribution in [1.82, 2.24) is 10.3 Å². The first-order valence-electron chi connectivity index (χ1n) is 13.7. The number of benzene rings is 4. The number of halogens is 2. The topological polar surface area (TPSA) is 100 Å². The zero-order valence-electron chi connectivity index (χ0n) is 23.8. The minimum absolute atomic E-state index is 0.0421. The lowest BCUT2D eigenvalue weighted by atomic mass is 10.1. The van der Waals surface area contributed by atoms with Gasteiger partial charge in [0.2, 0.25) is 5.91 Å². The number of rotatable bonds is 10. The number of carbonyl (C=O) groups is 3. The van der Waals surface area contributed by atoms with Gasteiger partial charge in [-0.25, -0.2) is 9.37 Å². The molecule has 11 heteroatoms. The standard InChI is InChI=1S/C34H26ClFN4O3S2/c1-21(31(41)40-34-39-30(20-44-34)23-12-16-26(36)17-13-23)45-28-9-5-8-27(19-28)37-33(43)29(18-22-10-14-25(35)15-11-22)38-32(42)24-6-3-2-4-7-24/h2-21H,1H3,(H,37,43)(H,38,42)(H,39,40,41)/b29-18-. The van der Waals surface area contributed by atoms with Crippen LogP contribution in [0.4, 0.5) is 15.2 Å². The molecule has 226 valence electrons. The first-order chi connectivity index (χ1) is 21.7. The fourth-order valence-corrected chi connectivity index (χ4v) is 5.84. The fourth-order valence-electron chi connectivity index (χ4n) is 4.06. The third kappa shape index (κ3) is 8.89. The third-order valence-corrected chi connectivity index (χ3v) is 8.46. The molecule has 1 unspecified atom stereocenters. The van der Waals surface area contributed by atoms with Gasteiger partial charge in [-0.05, 0) is 85.3 Å². The Bertz CT molecular complexity index is 1850. The van der Waals surface area contributed by atoms with Gasteiger partial charge in [0, 0.05) is 32.1 Å². The van der Waals surface area contributed by atoms with Crippen molar-refractivity contribution >= 4 is 69.3 Å². The molecule has 3 N–H and O–H groups in total. The van der Waals surface area contributed by atoms with Crippen LogP contribution in [0.3, 0.4) is 0 Å². The zero-order chi connectivity index (χ0) is 31.8. The summed E-state index contributed by atoms with van der Waals surface area (Å²) in [6.07, 6.45) is 1.57. The van der Waals surface area contributed by atoms with Crippen molar-refractivity contribution in [3.8, 4) is 11.3 Å². The van der Waals surface area contributed by atoms with Gasteiger partial charge in [-0.2, -0.15) is 0 Å². The lowest BCUT2D eigenvalue weighted by molar-refractivity contribution is -0.115. The summed E-state index contributed by atoms with van der Waals surface area (Å²) in [5.41, 5.74) is 3.00. The Morgan fingerprint density at radius 3 is 2.38 bits per heavy atom. The van der Waals surface area contributed by atoms with Crippen molar-refractivity contribution in [2.75, 3.05) is 10.6 Å². The molecule has 3 amide bonds. The summed E-state index contributed by atoms with van der Waals surface area (Å²) in [5.74, 6) is -1.53. The van der Waals surface area contributed by atoms with Gasteiger partial charge < -0.3 is 16.0 Å². The van der Waals surface area contributed by atoms with E-state index in [0.717, 1.165) is 10.5 Å². The number of thiazole rings is 1. The molecule has 7 nitrogen and oxygen atoms in total. The lowest BCUT2D eigenvalue weighted by Crippen LogP contribution is -2.30. The number of anilines is 2. The molecule has 5 aromatic rings. The molecule has 1 heterocycles. The number of nitrogens with one attached hydrogen (secondary N) is 3. The van der Waals surface area contributed by atoms with Gasteiger partial charge in [0.05, 0.1) is 10.9 Å². The van der Waals surface area contributed by atoms with E-state index >= 15 is 0 Å². The molecule has 1 aromatic heterocycles. The average molecular weight is 657 g/mol. The van der Waals surface area contributed by atoms with Crippen LogP contribution in [0.2, 0.25) is 5.02 Å². The Morgan fingerprint density at radius 1 is 0.911 bits per heavy atom. The van der Waals surface area contributed by atoms with E-state index in [9.17, 15) is 18.8 Å². The van der Waals surface area contributed by atoms with Crippen molar-refractivity contribution in [3.05, 3.63) is 136 Å². The number of carbonyl (C=O) groups excluding carboxylic acids is 3. The van der Waals surface area contributed by atoms with E-state index in [1.54, 1.807) is 103 Å². The third-order valence-electron chi connectivity index (χ3n) is 6.36. The summed E-state index contributed by atoms with van der Waals surface area (Å²) in [5, 5.41) is 10.7. The number of hydrogen-bond acceptors (Lipinski definition) is 6. The van der Waals surface area contributed by atoms with Gasteiger partial charge in [0.15, 0.2) is 5.13 Å². The summed E-state index contributed by atoms with van der Waals surface area (Å²) in [6, 6.07) is 28.5.